The second-order valence-electron chi connectivity index (χ2n) is 39.2. The van der Waals surface area contributed by atoms with E-state index in [1.807, 2.05) is 113 Å². The lowest BCUT2D eigenvalue weighted by molar-refractivity contribution is -0.840. The molecular formula is C119H128F5N11O9. The summed E-state index contributed by atoms with van der Waals surface area (Å²) in [5.74, 6) is -2.24. The Kier molecular flexibility index (Phi) is 36.3. The summed E-state index contributed by atoms with van der Waals surface area (Å²) in [6, 6.07) is 78.8. The molecule has 20 nitrogen and oxygen atoms in total. The number of quaternary nitrogens is 1. The number of fused-ring (bicyclic) bond motifs is 6. The highest BCUT2D eigenvalue weighted by atomic mass is 19.1. The number of hydrogen-bond donors (Lipinski definition) is 1. The molecule has 0 saturated heterocycles. The van der Waals surface area contributed by atoms with Crippen LogP contribution in [0.25, 0.3) is 19.4 Å². The molecule has 144 heavy (non-hydrogen) atoms. The molecule has 0 fully saturated rings. The van der Waals surface area contributed by atoms with Crippen molar-refractivity contribution in [3.8, 4) is 0 Å². The summed E-state index contributed by atoms with van der Waals surface area (Å²) >= 11 is 0. The number of hydroxylamine groups is 3. The minimum atomic E-state index is -0.934. The summed E-state index contributed by atoms with van der Waals surface area (Å²) in [4.78, 5) is 48.6. The molecule has 18 rings (SSSR count). The van der Waals surface area contributed by atoms with E-state index in [0.717, 1.165) is 163 Å². The van der Waals surface area contributed by atoms with Crippen LogP contribution in [0.2, 0.25) is 0 Å². The monoisotopic (exact) mass is 1950 g/mol. The number of cyclic esters (lactones) is 1. The summed E-state index contributed by atoms with van der Waals surface area (Å²) < 4.78 is 104. The van der Waals surface area contributed by atoms with Gasteiger partial charge < -0.3 is 68.5 Å². The molecular weight excluding hydrogens is 1820 g/mol. The number of primary amides is 1. The summed E-state index contributed by atoms with van der Waals surface area (Å²) in [6.07, 6.45) is 10.1. The van der Waals surface area contributed by atoms with Crippen LogP contribution in [-0.2, 0) is 95.1 Å². The van der Waals surface area contributed by atoms with E-state index in [0.29, 0.717) is 92.7 Å². The Morgan fingerprint density at radius 1 is 0.326 bits per heavy atom. The lowest BCUT2D eigenvalue weighted by atomic mass is 9.81. The average Bonchev–Trinajstić information content (AvgIpc) is 1.54. The van der Waals surface area contributed by atoms with E-state index in [9.17, 15) is 36.7 Å². The van der Waals surface area contributed by atoms with Gasteiger partial charge in [-0.3, -0.25) is 4.79 Å². The van der Waals surface area contributed by atoms with Gasteiger partial charge in [-0.2, -0.15) is 0 Å². The van der Waals surface area contributed by atoms with Crippen molar-refractivity contribution in [1.29, 1.82) is 0 Å². The number of ether oxygens (including phenoxy) is 6. The molecule has 6 aliphatic heterocycles. The highest BCUT2D eigenvalue weighted by molar-refractivity contribution is 5.97. The van der Waals surface area contributed by atoms with Crippen LogP contribution in [0.4, 0.5) is 44.7 Å². The Bertz CT molecular complexity index is 6580. The topological polar surface area (TPSA) is 172 Å². The van der Waals surface area contributed by atoms with Gasteiger partial charge in [-0.25, -0.2) is 46.1 Å². The normalized spacial score (nSPS) is 19.4. The molecule has 12 aromatic carbocycles. The largest absolute Gasteiger partial charge is 0.633 e. The van der Waals surface area contributed by atoms with Crippen LogP contribution < -0.4 is 5.73 Å². The molecule has 6 atom stereocenters. The van der Waals surface area contributed by atoms with Crippen LogP contribution in [0.15, 0.2) is 267 Å². The second-order valence-corrected chi connectivity index (χ2v) is 39.2. The average molecular weight is 1950 g/mol. The highest BCUT2D eigenvalue weighted by Gasteiger charge is 2.49. The van der Waals surface area contributed by atoms with Gasteiger partial charge in [-0.1, -0.05) is 188 Å². The number of amides is 1. The number of hydrogen-bond acceptors (Lipinski definition) is 14. The number of esters is 1. The molecule has 0 aliphatic carbocycles. The number of rotatable bonds is 31. The number of carbonyl (C=O) groups excluding carboxylic acids is 2. The van der Waals surface area contributed by atoms with Crippen molar-refractivity contribution in [2.24, 2.45) is 5.73 Å². The van der Waals surface area contributed by atoms with E-state index in [4.69, 9.17) is 60.4 Å². The van der Waals surface area contributed by atoms with E-state index in [1.54, 1.807) is 86.9 Å². The third kappa shape index (κ3) is 25.5. The maximum Gasteiger partial charge on any atom is 0.338 e. The molecule has 0 aromatic heterocycles. The molecule has 25 heteroatoms. The van der Waals surface area contributed by atoms with Gasteiger partial charge in [0.05, 0.1) is 85.5 Å². The summed E-state index contributed by atoms with van der Waals surface area (Å²) in [5.41, 5.74) is 22.4. The molecule has 748 valence electrons. The molecule has 0 saturated carbocycles. The molecule has 1 amide bonds. The quantitative estimate of drug-likeness (QED) is 0.0143. The third-order valence-electron chi connectivity index (χ3n) is 27.3. The molecule has 6 heterocycles. The number of benzene rings is 12. The van der Waals surface area contributed by atoms with Gasteiger partial charge in [0, 0.05) is 23.1 Å². The van der Waals surface area contributed by atoms with E-state index in [1.165, 1.54) is 82.9 Å². The van der Waals surface area contributed by atoms with Gasteiger partial charge in [-0.15, -0.1) is 0 Å². The first-order valence-corrected chi connectivity index (χ1v) is 48.7. The van der Waals surface area contributed by atoms with Gasteiger partial charge in [0.25, 0.3) is 0 Å². The Hall–Kier alpha value is -13.3. The first-order valence-electron chi connectivity index (χ1n) is 48.7. The highest BCUT2D eigenvalue weighted by Crippen LogP contribution is 2.53. The van der Waals surface area contributed by atoms with Gasteiger partial charge in [0.1, 0.15) is 57.1 Å². The zero-order chi connectivity index (χ0) is 103. The standard InChI is InChI=1S/C20H21FN2O2.C20H19FN2O2.C20H23FN2O2.C20H21FN2O.C20H22N2O.C19H22FNO/c1-22-18-9-10-19-15(13-18)14-25-20(19,11-4-12-23(2,3)24)16-5-7-17(21)8-6-16;1-22-16-9-10-18-17(13-16)19(24)25-20(18,11-4-12-23(2)3)14-5-7-15(21)8-6-14;1-23(2)11-3-10-20(16-5-7-17(21)8-6-16)18-9-4-14(19(22)24)12-15(18)13-25-20;1-22-18-9-10-19-15(13-18)14-24-20(19,11-4-12-23(2)3)16-5-7-17(21)8-6-16;1-21-18-10-11-19-16(14-18)15-23-20(19,12-7-13-22(2)3)17-8-5-4-6-9-17;1-21(2)13-5-12-19(16-8-10-17(20)11-9-16)18-7-4-3-6-15(18)14-22-19/h5-10,13H,4,11-12,14H2,2-3H3;5-10,13H,4,11-12H2,2-3H3;4-9,12H,3,10-11,13H2,1-2H3,(H2,22,24);5-10,13H,4,11-12,14H2,2-3H3;4-6,8-11,14H,7,12-13,15H2,2-3H3;3-4,6-11H,5,12-14H2,1-2H3. The first kappa shape index (κ1) is 108. The van der Waals surface area contributed by atoms with E-state index >= 15 is 0 Å². The van der Waals surface area contributed by atoms with Crippen molar-refractivity contribution < 1.29 is 64.6 Å². The molecule has 2 N–H and O–H groups in total. The maximum absolute atomic E-state index is 13.4. The van der Waals surface area contributed by atoms with Crippen LogP contribution in [-0.4, -0.2) is 165 Å². The lowest BCUT2D eigenvalue weighted by Gasteiger charge is -2.36. The molecule has 12 aromatic rings. The van der Waals surface area contributed by atoms with Gasteiger partial charge in [-0.05, 0) is 336 Å². The van der Waals surface area contributed by atoms with E-state index in [2.05, 4.69) is 135 Å². The van der Waals surface area contributed by atoms with Crippen LogP contribution in [0, 0.1) is 60.6 Å². The molecule has 0 bridgehead atoms. The predicted molar refractivity (Wildman–Crippen MR) is 553 cm³/mol. The summed E-state index contributed by atoms with van der Waals surface area (Å²) in [6.45, 7) is 36.5. The number of nitrogens with zero attached hydrogens (tertiary/aromatic N) is 10. The Labute approximate surface area is 844 Å². The van der Waals surface area contributed by atoms with Crippen molar-refractivity contribution in [2.75, 3.05) is 124 Å². The molecule has 0 spiro atoms. The lowest BCUT2D eigenvalue weighted by Crippen LogP contribution is -2.35. The van der Waals surface area contributed by atoms with Crippen LogP contribution in [0.1, 0.15) is 192 Å². The summed E-state index contributed by atoms with van der Waals surface area (Å²) in [7, 11) is 23.7. The predicted octanol–water partition coefficient (Wildman–Crippen LogP) is 24.5. The SMILES string of the molecule is CN(C)CCCC1(c2ccc(F)cc2)OCc2cc(C(N)=O)ccc21.CN(C)CCCC1(c2ccc(F)cc2)OCc2ccccc21.[C-]#[N+]c1ccc2c(c1)C(=O)OC2(CCCN(C)C)c1ccc(F)cc1.[C-]#[N+]c1ccc2c(c1)COC2(CCCN(C)C)c1ccc(F)cc1.[C-]#[N+]c1ccc2c(c1)COC2(CCCN(C)C)c1ccccc1.[C-]#[N+]c1ccc2c(c1)COC2(CCC[N+](C)(C)[O-])c1ccc(F)cc1. The minimum Gasteiger partial charge on any atom is -0.633 e. The van der Waals surface area contributed by atoms with Crippen LogP contribution in [0.5, 0.6) is 0 Å². The number of nitrogens with two attached hydrogens (primary N) is 1. The molecule has 6 aliphatic rings. The van der Waals surface area contributed by atoms with Crippen molar-refractivity contribution in [1.82, 2.24) is 24.5 Å². The second kappa shape index (κ2) is 48.4. The van der Waals surface area contributed by atoms with Crippen LogP contribution in [0.3, 0.4) is 0 Å². The zero-order valence-corrected chi connectivity index (χ0v) is 84.3. The smallest absolute Gasteiger partial charge is 0.338 e. The van der Waals surface area contributed by atoms with E-state index in [-0.39, 0.29) is 39.3 Å². The zero-order valence-electron chi connectivity index (χ0n) is 84.3. The van der Waals surface area contributed by atoms with Crippen LogP contribution >= 0.6 is 0 Å². The van der Waals surface area contributed by atoms with Crippen molar-refractivity contribution in [3.63, 3.8) is 0 Å². The van der Waals surface area contributed by atoms with E-state index < -0.39 is 39.9 Å². The maximum atomic E-state index is 13.4. The Morgan fingerprint density at radius 2 is 0.583 bits per heavy atom. The number of halogens is 5. The fourth-order valence-corrected chi connectivity index (χ4v) is 20.3. The third-order valence-corrected chi connectivity index (χ3v) is 27.3. The molecule has 0 radical (unpaired) electrons. The van der Waals surface area contributed by atoms with Crippen molar-refractivity contribution >= 4 is 34.6 Å². The van der Waals surface area contributed by atoms with Crippen molar-refractivity contribution in [2.45, 2.75) is 144 Å². The van der Waals surface area contributed by atoms with Gasteiger partial charge in [0.2, 0.25) is 5.91 Å². The Morgan fingerprint density at radius 3 is 0.896 bits per heavy atom. The Balaban J connectivity index is 0.000000145. The summed E-state index contributed by atoms with van der Waals surface area (Å²) in [5, 5.41) is 11.9. The number of carbonyl (C=O) groups is 2. The van der Waals surface area contributed by atoms with Crippen molar-refractivity contribution in [3.05, 3.63) is 453 Å². The first-order chi connectivity index (χ1) is 69.0. The fraction of sp³-hybridized carbons (Fsp3) is 0.345. The fourth-order valence-electron chi connectivity index (χ4n) is 20.3. The van der Waals surface area contributed by atoms with Gasteiger partial charge in [0.15, 0.2) is 28.4 Å². The van der Waals surface area contributed by atoms with Gasteiger partial charge >= 0.3 is 5.97 Å². The molecule has 6 unspecified atom stereocenters. The minimum absolute atomic E-state index is 0.210.